The number of hydrogen-bond donors (Lipinski definition) is 0. The van der Waals surface area contributed by atoms with Gasteiger partial charge in [0.2, 0.25) is 0 Å². The third-order valence-corrected chi connectivity index (χ3v) is 5.73. The zero-order valence-corrected chi connectivity index (χ0v) is 15.2. The van der Waals surface area contributed by atoms with E-state index in [-0.39, 0.29) is 11.3 Å². The molecule has 0 unspecified atom stereocenters. The van der Waals surface area contributed by atoms with Crippen LogP contribution in [0.25, 0.3) is 10.2 Å². The highest BCUT2D eigenvalue weighted by atomic mass is 32.1. The Balaban J connectivity index is 1.69. The largest absolute Gasteiger partial charge is 0.422 e. The summed E-state index contributed by atoms with van der Waals surface area (Å²) in [5.41, 5.74) is 1.07. The molecule has 26 heavy (non-hydrogen) atoms. The minimum atomic E-state index is -0.523. The molecule has 3 aromatic rings. The number of Topliss-reactive ketones (excluding diaryl/α,β-unsaturated/α-hetero) is 1. The molecule has 1 aliphatic rings. The van der Waals surface area contributed by atoms with Gasteiger partial charge in [-0.25, -0.2) is 9.78 Å². The zero-order chi connectivity index (χ0) is 18.4. The van der Waals surface area contributed by atoms with Crippen molar-refractivity contribution >= 4 is 33.3 Å². The first-order chi connectivity index (χ1) is 12.5. The highest BCUT2D eigenvalue weighted by molar-refractivity contribution is 7.20. The topological polar surface area (TPSA) is 78.3 Å². The molecule has 0 amide bonds. The van der Waals surface area contributed by atoms with Gasteiger partial charge in [-0.1, -0.05) is 0 Å². The Kier molecular flexibility index (Phi) is 3.96. The van der Waals surface area contributed by atoms with Crippen molar-refractivity contribution in [1.29, 1.82) is 0 Å². The molecule has 6 nitrogen and oxygen atoms in total. The van der Waals surface area contributed by atoms with E-state index in [0.29, 0.717) is 38.5 Å². The number of fused-ring (bicyclic) bond motifs is 2. The standard InChI is InChI=1S/C19H16N2O4S/c1-10-15-17(20-14-4-3-9-21(14)18(15)23)26-16(10)19(24)25-13-7-5-12(6-8-13)11(2)22/h5-8H,3-4,9H2,1-2H3. The Bertz CT molecular complexity index is 1110. The third kappa shape index (κ3) is 2.64. The summed E-state index contributed by atoms with van der Waals surface area (Å²) in [4.78, 5) is 42.1. The Morgan fingerprint density at radius 1 is 1.23 bits per heavy atom. The predicted octanol–water partition coefficient (Wildman–Crippen LogP) is 3.13. The number of aromatic nitrogens is 2. The maximum Gasteiger partial charge on any atom is 0.354 e. The van der Waals surface area contributed by atoms with Gasteiger partial charge in [-0.15, -0.1) is 11.3 Å². The molecule has 0 aliphatic carbocycles. The van der Waals surface area contributed by atoms with Gasteiger partial charge in [0.1, 0.15) is 21.3 Å². The second kappa shape index (κ2) is 6.17. The van der Waals surface area contributed by atoms with Crippen molar-refractivity contribution < 1.29 is 14.3 Å². The van der Waals surface area contributed by atoms with E-state index in [2.05, 4.69) is 4.98 Å². The van der Waals surface area contributed by atoms with Crippen LogP contribution in [-0.4, -0.2) is 21.3 Å². The Morgan fingerprint density at radius 3 is 2.65 bits per heavy atom. The summed E-state index contributed by atoms with van der Waals surface area (Å²) in [6, 6.07) is 6.39. The van der Waals surface area contributed by atoms with Crippen molar-refractivity contribution in [3.05, 3.63) is 56.4 Å². The summed E-state index contributed by atoms with van der Waals surface area (Å²) in [6.07, 6.45) is 1.70. The third-order valence-electron chi connectivity index (χ3n) is 4.57. The van der Waals surface area contributed by atoms with Gasteiger partial charge < -0.3 is 4.74 Å². The van der Waals surface area contributed by atoms with Crippen molar-refractivity contribution in [3.8, 4) is 5.75 Å². The van der Waals surface area contributed by atoms with Crippen LogP contribution in [0.1, 0.15) is 44.8 Å². The summed E-state index contributed by atoms with van der Waals surface area (Å²) in [5.74, 6) is 0.556. The fourth-order valence-corrected chi connectivity index (χ4v) is 4.25. The maximum atomic E-state index is 12.7. The second-order valence-electron chi connectivity index (χ2n) is 6.29. The second-order valence-corrected chi connectivity index (χ2v) is 7.29. The number of carbonyl (C=O) groups is 2. The van der Waals surface area contributed by atoms with Crippen molar-refractivity contribution in [1.82, 2.24) is 9.55 Å². The van der Waals surface area contributed by atoms with Crippen molar-refractivity contribution in [2.75, 3.05) is 0 Å². The first-order valence-electron chi connectivity index (χ1n) is 8.31. The van der Waals surface area contributed by atoms with Crippen molar-refractivity contribution in [3.63, 3.8) is 0 Å². The molecule has 4 rings (SSSR count). The maximum absolute atomic E-state index is 12.7. The number of nitrogens with zero attached hydrogens (tertiary/aromatic N) is 2. The highest BCUT2D eigenvalue weighted by Crippen LogP contribution is 2.29. The molecule has 0 fully saturated rings. The molecule has 0 spiro atoms. The number of rotatable bonds is 3. The van der Waals surface area contributed by atoms with Crippen LogP contribution in [0.5, 0.6) is 5.75 Å². The first-order valence-corrected chi connectivity index (χ1v) is 9.13. The van der Waals surface area contributed by atoms with Crippen LogP contribution in [0, 0.1) is 6.92 Å². The molecule has 0 saturated carbocycles. The summed E-state index contributed by atoms with van der Waals surface area (Å²) < 4.78 is 7.10. The number of esters is 1. The van der Waals surface area contributed by atoms with Gasteiger partial charge in [0.15, 0.2) is 5.78 Å². The van der Waals surface area contributed by atoms with Crippen LogP contribution in [0.4, 0.5) is 0 Å². The van der Waals surface area contributed by atoms with E-state index in [4.69, 9.17) is 4.74 Å². The molecule has 7 heteroatoms. The van der Waals surface area contributed by atoms with Crippen LogP contribution < -0.4 is 10.3 Å². The lowest BCUT2D eigenvalue weighted by Crippen LogP contribution is -2.20. The van der Waals surface area contributed by atoms with E-state index in [1.54, 1.807) is 35.8 Å². The minimum absolute atomic E-state index is 0.0529. The van der Waals surface area contributed by atoms with Crippen LogP contribution in [0.2, 0.25) is 0 Å². The van der Waals surface area contributed by atoms with Crippen LogP contribution in [0.3, 0.4) is 0 Å². The van der Waals surface area contributed by atoms with Gasteiger partial charge in [-0.05, 0) is 50.1 Å². The molecule has 2 aromatic heterocycles. The first kappa shape index (κ1) is 16.7. The SMILES string of the molecule is CC(=O)c1ccc(OC(=O)c2sc3nc4n(c(=O)c3c2C)CCC4)cc1. The van der Waals surface area contributed by atoms with E-state index in [9.17, 15) is 14.4 Å². The van der Waals surface area contributed by atoms with E-state index >= 15 is 0 Å². The molecule has 0 saturated heterocycles. The van der Waals surface area contributed by atoms with Crippen molar-refractivity contribution in [2.24, 2.45) is 0 Å². The molecular weight excluding hydrogens is 352 g/mol. The Hall–Kier alpha value is -2.80. The van der Waals surface area contributed by atoms with Gasteiger partial charge in [0.25, 0.3) is 5.56 Å². The van der Waals surface area contributed by atoms with Gasteiger partial charge in [-0.2, -0.15) is 0 Å². The van der Waals surface area contributed by atoms with Crippen LogP contribution in [-0.2, 0) is 13.0 Å². The van der Waals surface area contributed by atoms with Gasteiger partial charge >= 0.3 is 5.97 Å². The fourth-order valence-electron chi connectivity index (χ4n) is 3.18. The van der Waals surface area contributed by atoms with Gasteiger partial charge in [0.05, 0.1) is 5.39 Å². The lowest BCUT2D eigenvalue weighted by atomic mass is 10.1. The summed E-state index contributed by atoms with van der Waals surface area (Å²) in [7, 11) is 0. The highest BCUT2D eigenvalue weighted by Gasteiger charge is 2.24. The fraction of sp³-hybridized carbons (Fsp3) is 0.263. The molecule has 0 radical (unpaired) electrons. The molecule has 132 valence electrons. The van der Waals surface area contributed by atoms with E-state index in [0.717, 1.165) is 18.7 Å². The number of aryl methyl sites for hydroxylation is 2. The smallest absolute Gasteiger partial charge is 0.354 e. The number of benzene rings is 1. The molecule has 1 aliphatic heterocycles. The van der Waals surface area contributed by atoms with Gasteiger partial charge in [-0.3, -0.25) is 14.2 Å². The summed E-state index contributed by atoms with van der Waals surface area (Å²) >= 11 is 1.19. The Morgan fingerprint density at radius 2 is 1.96 bits per heavy atom. The van der Waals surface area contributed by atoms with Crippen LogP contribution in [0.15, 0.2) is 29.1 Å². The predicted molar refractivity (Wildman–Crippen MR) is 98.3 cm³/mol. The number of thiophene rings is 1. The molecule has 0 N–H and O–H groups in total. The number of carbonyl (C=O) groups excluding carboxylic acids is 2. The lowest BCUT2D eigenvalue weighted by Gasteiger charge is -2.04. The monoisotopic (exact) mass is 368 g/mol. The zero-order valence-electron chi connectivity index (χ0n) is 14.4. The molecule has 1 aromatic carbocycles. The Labute approximate surface area is 153 Å². The van der Waals surface area contributed by atoms with E-state index in [1.165, 1.54) is 18.3 Å². The average molecular weight is 368 g/mol. The lowest BCUT2D eigenvalue weighted by molar-refractivity contribution is 0.0739. The minimum Gasteiger partial charge on any atom is -0.422 e. The number of ether oxygens (including phenoxy) is 1. The normalized spacial score (nSPS) is 13.0. The van der Waals surface area contributed by atoms with Crippen molar-refractivity contribution in [2.45, 2.75) is 33.2 Å². The van der Waals surface area contributed by atoms with E-state index in [1.807, 2.05) is 0 Å². The molecule has 0 bridgehead atoms. The van der Waals surface area contributed by atoms with Gasteiger partial charge in [0, 0.05) is 18.5 Å². The number of ketones is 1. The summed E-state index contributed by atoms with van der Waals surface area (Å²) in [5, 5.41) is 0.500. The number of hydrogen-bond acceptors (Lipinski definition) is 6. The van der Waals surface area contributed by atoms with Crippen LogP contribution >= 0.6 is 11.3 Å². The molecular formula is C19H16N2O4S. The molecule has 0 atom stereocenters. The summed E-state index contributed by atoms with van der Waals surface area (Å²) in [6.45, 7) is 3.90. The molecule has 3 heterocycles. The average Bonchev–Trinajstić information content (AvgIpc) is 3.20. The van der Waals surface area contributed by atoms with E-state index < -0.39 is 5.97 Å². The quantitative estimate of drug-likeness (QED) is 0.403.